The third kappa shape index (κ3) is 6.05. The molecule has 1 aromatic carbocycles. The average molecular weight is 276 g/mol. The molecule has 0 aliphatic carbocycles. The van der Waals surface area contributed by atoms with Crippen molar-refractivity contribution in [2.24, 2.45) is 0 Å². The minimum Gasteiger partial charge on any atom is -0.492 e. The SMILES string of the molecule is CCN(CCCOc1ccccc1C#N)CC(C)(C)O. The number of hydrogen-bond donors (Lipinski definition) is 1. The first-order valence-corrected chi connectivity index (χ1v) is 7.03. The number of aliphatic hydroxyl groups is 1. The van der Waals surface area contributed by atoms with E-state index in [9.17, 15) is 5.11 Å². The number of nitrogens with zero attached hydrogens (tertiary/aromatic N) is 2. The van der Waals surface area contributed by atoms with Gasteiger partial charge in [-0.25, -0.2) is 0 Å². The Morgan fingerprint density at radius 2 is 2.05 bits per heavy atom. The van der Waals surface area contributed by atoms with Crippen LogP contribution >= 0.6 is 0 Å². The van der Waals surface area contributed by atoms with Crippen molar-refractivity contribution in [2.75, 3.05) is 26.2 Å². The predicted molar refractivity (Wildman–Crippen MR) is 79.7 cm³/mol. The van der Waals surface area contributed by atoms with E-state index in [1.54, 1.807) is 6.07 Å². The van der Waals surface area contributed by atoms with Crippen molar-refractivity contribution in [3.05, 3.63) is 29.8 Å². The number of rotatable bonds is 8. The minimum atomic E-state index is -0.676. The Hall–Kier alpha value is -1.57. The zero-order valence-electron chi connectivity index (χ0n) is 12.6. The van der Waals surface area contributed by atoms with E-state index in [1.165, 1.54) is 0 Å². The quantitative estimate of drug-likeness (QED) is 0.741. The van der Waals surface area contributed by atoms with Crippen LogP contribution in [0.2, 0.25) is 0 Å². The fourth-order valence-electron chi connectivity index (χ4n) is 2.05. The molecule has 4 heteroatoms. The van der Waals surface area contributed by atoms with Crippen LogP contribution < -0.4 is 4.74 Å². The molecule has 0 unspecified atom stereocenters. The predicted octanol–water partition coefficient (Wildman–Crippen LogP) is 2.42. The maximum atomic E-state index is 9.81. The second-order valence-electron chi connectivity index (χ2n) is 5.49. The third-order valence-corrected chi connectivity index (χ3v) is 2.94. The Morgan fingerprint density at radius 3 is 2.65 bits per heavy atom. The second-order valence-corrected chi connectivity index (χ2v) is 5.49. The van der Waals surface area contributed by atoms with Crippen LogP contribution in [-0.4, -0.2) is 41.8 Å². The van der Waals surface area contributed by atoms with Gasteiger partial charge in [-0.1, -0.05) is 19.1 Å². The number of benzene rings is 1. The van der Waals surface area contributed by atoms with Gasteiger partial charge in [0.05, 0.1) is 17.8 Å². The van der Waals surface area contributed by atoms with Crippen LogP contribution in [0.1, 0.15) is 32.8 Å². The lowest BCUT2D eigenvalue weighted by Crippen LogP contribution is -2.39. The molecule has 1 aromatic rings. The Balaban J connectivity index is 2.36. The molecule has 0 aliphatic heterocycles. The van der Waals surface area contributed by atoms with Gasteiger partial charge in [-0.2, -0.15) is 5.26 Å². The molecule has 0 atom stereocenters. The van der Waals surface area contributed by atoms with Gasteiger partial charge in [0.1, 0.15) is 11.8 Å². The van der Waals surface area contributed by atoms with Crippen molar-refractivity contribution >= 4 is 0 Å². The van der Waals surface area contributed by atoms with Gasteiger partial charge in [0.25, 0.3) is 0 Å². The highest BCUT2D eigenvalue weighted by Gasteiger charge is 2.16. The summed E-state index contributed by atoms with van der Waals surface area (Å²) in [6.07, 6.45) is 0.865. The molecular formula is C16H24N2O2. The minimum absolute atomic E-state index is 0.566. The first-order chi connectivity index (χ1) is 9.46. The van der Waals surface area contributed by atoms with Crippen molar-refractivity contribution in [3.63, 3.8) is 0 Å². The maximum Gasteiger partial charge on any atom is 0.137 e. The fraction of sp³-hybridized carbons (Fsp3) is 0.562. The van der Waals surface area contributed by atoms with E-state index >= 15 is 0 Å². The van der Waals surface area contributed by atoms with Gasteiger partial charge in [-0.05, 0) is 38.9 Å². The van der Waals surface area contributed by atoms with Gasteiger partial charge < -0.3 is 14.7 Å². The van der Waals surface area contributed by atoms with Crippen molar-refractivity contribution in [1.29, 1.82) is 5.26 Å². The van der Waals surface area contributed by atoms with Gasteiger partial charge in [-0.3, -0.25) is 0 Å². The Labute approximate surface area is 121 Å². The van der Waals surface area contributed by atoms with Crippen molar-refractivity contribution in [3.8, 4) is 11.8 Å². The van der Waals surface area contributed by atoms with Gasteiger partial charge >= 0.3 is 0 Å². The topological polar surface area (TPSA) is 56.5 Å². The summed E-state index contributed by atoms with van der Waals surface area (Å²) < 4.78 is 5.64. The Bertz CT molecular complexity index is 447. The van der Waals surface area contributed by atoms with Crippen LogP contribution in [0, 0.1) is 11.3 Å². The number of nitriles is 1. The molecule has 0 aromatic heterocycles. The third-order valence-electron chi connectivity index (χ3n) is 2.94. The molecule has 1 rings (SSSR count). The molecule has 0 saturated heterocycles. The molecule has 0 bridgehead atoms. The largest absolute Gasteiger partial charge is 0.492 e. The zero-order valence-corrected chi connectivity index (χ0v) is 12.6. The molecule has 4 nitrogen and oxygen atoms in total. The molecule has 0 saturated carbocycles. The average Bonchev–Trinajstić information content (AvgIpc) is 2.41. The van der Waals surface area contributed by atoms with Crippen LogP contribution in [0.15, 0.2) is 24.3 Å². The first kappa shape index (κ1) is 16.5. The summed E-state index contributed by atoms with van der Waals surface area (Å²) in [5, 5.41) is 18.8. The second kappa shape index (κ2) is 7.88. The molecule has 0 fully saturated rings. The molecule has 0 heterocycles. The standard InChI is InChI=1S/C16H24N2O2/c1-4-18(13-16(2,3)19)10-7-11-20-15-9-6-5-8-14(15)12-17/h5-6,8-9,19H,4,7,10-11,13H2,1-3H3. The first-order valence-electron chi connectivity index (χ1n) is 7.03. The molecular weight excluding hydrogens is 252 g/mol. The smallest absolute Gasteiger partial charge is 0.137 e. The molecule has 1 N–H and O–H groups in total. The highest BCUT2D eigenvalue weighted by molar-refractivity contribution is 5.42. The molecule has 0 aliphatic rings. The van der Waals surface area contributed by atoms with Gasteiger partial charge in [-0.15, -0.1) is 0 Å². The van der Waals surface area contributed by atoms with E-state index in [-0.39, 0.29) is 0 Å². The van der Waals surface area contributed by atoms with E-state index in [0.29, 0.717) is 24.5 Å². The molecule has 0 amide bonds. The normalized spacial score (nSPS) is 11.4. The van der Waals surface area contributed by atoms with E-state index in [4.69, 9.17) is 10.00 Å². The monoisotopic (exact) mass is 276 g/mol. The van der Waals surface area contributed by atoms with Gasteiger partial charge in [0, 0.05) is 13.1 Å². The molecule has 0 radical (unpaired) electrons. The van der Waals surface area contributed by atoms with Crippen LogP contribution in [0.3, 0.4) is 0 Å². The van der Waals surface area contributed by atoms with Crippen molar-refractivity contribution in [1.82, 2.24) is 4.90 Å². The summed E-state index contributed by atoms with van der Waals surface area (Å²) in [6, 6.07) is 9.37. The van der Waals surface area contributed by atoms with Gasteiger partial charge in [0.15, 0.2) is 0 Å². The summed E-state index contributed by atoms with van der Waals surface area (Å²) >= 11 is 0. The summed E-state index contributed by atoms with van der Waals surface area (Å²) in [5.74, 6) is 0.639. The highest BCUT2D eigenvalue weighted by Crippen LogP contribution is 2.16. The summed E-state index contributed by atoms with van der Waals surface area (Å²) in [5.41, 5.74) is -0.110. The van der Waals surface area contributed by atoms with E-state index in [1.807, 2.05) is 32.0 Å². The number of likely N-dealkylation sites (N-methyl/N-ethyl adjacent to an activating group) is 1. The lowest BCUT2D eigenvalue weighted by Gasteiger charge is -2.27. The fourth-order valence-corrected chi connectivity index (χ4v) is 2.05. The van der Waals surface area contributed by atoms with E-state index < -0.39 is 5.60 Å². The number of ether oxygens (including phenoxy) is 1. The lowest BCUT2D eigenvalue weighted by atomic mass is 10.1. The van der Waals surface area contributed by atoms with Crippen LogP contribution in [0.25, 0.3) is 0 Å². The zero-order chi connectivity index (χ0) is 15.0. The maximum absolute atomic E-state index is 9.81. The van der Waals surface area contributed by atoms with Gasteiger partial charge in [0.2, 0.25) is 0 Å². The summed E-state index contributed by atoms with van der Waals surface area (Å²) in [6.45, 7) is 8.70. The van der Waals surface area contributed by atoms with Crippen molar-refractivity contribution < 1.29 is 9.84 Å². The van der Waals surface area contributed by atoms with Crippen LogP contribution in [0.5, 0.6) is 5.75 Å². The number of hydrogen-bond acceptors (Lipinski definition) is 4. The van der Waals surface area contributed by atoms with Crippen LogP contribution in [0.4, 0.5) is 0 Å². The highest BCUT2D eigenvalue weighted by atomic mass is 16.5. The lowest BCUT2D eigenvalue weighted by molar-refractivity contribution is 0.0364. The van der Waals surface area contributed by atoms with E-state index in [0.717, 1.165) is 19.5 Å². The van der Waals surface area contributed by atoms with Crippen molar-refractivity contribution in [2.45, 2.75) is 32.8 Å². The molecule has 0 spiro atoms. The Kier molecular flexibility index (Phi) is 6.50. The summed E-state index contributed by atoms with van der Waals surface area (Å²) in [4.78, 5) is 2.19. The summed E-state index contributed by atoms with van der Waals surface area (Å²) in [7, 11) is 0. The van der Waals surface area contributed by atoms with E-state index in [2.05, 4.69) is 17.9 Å². The Morgan fingerprint density at radius 1 is 1.35 bits per heavy atom. The number of para-hydroxylation sites is 1. The molecule has 110 valence electrons. The van der Waals surface area contributed by atoms with Crippen LogP contribution in [-0.2, 0) is 0 Å². The molecule has 20 heavy (non-hydrogen) atoms.